The number of hydrogen-bond donors (Lipinski definition) is 1. The van der Waals surface area contributed by atoms with Crippen molar-refractivity contribution in [3.63, 3.8) is 0 Å². The van der Waals surface area contributed by atoms with E-state index in [1.165, 1.54) is 0 Å². The van der Waals surface area contributed by atoms with Gasteiger partial charge in [-0.1, -0.05) is 32.0 Å². The molecule has 1 saturated heterocycles. The van der Waals surface area contributed by atoms with Gasteiger partial charge in [-0.3, -0.25) is 9.59 Å². The molecule has 5 heteroatoms. The number of para-hydroxylation sites is 1. The molecule has 128 valence electrons. The van der Waals surface area contributed by atoms with Crippen molar-refractivity contribution in [2.24, 2.45) is 11.8 Å². The van der Waals surface area contributed by atoms with Crippen LogP contribution in [-0.2, 0) is 20.7 Å². The van der Waals surface area contributed by atoms with Gasteiger partial charge in [-0.05, 0) is 29.9 Å². The topological polar surface area (TPSA) is 62.4 Å². The maximum Gasteiger partial charge on any atom is 0.310 e. The Hall–Kier alpha value is -2.30. The molecule has 1 amide bonds. The number of ether oxygens (including phenoxy) is 1. The van der Waals surface area contributed by atoms with Crippen LogP contribution in [0.1, 0.15) is 25.8 Å². The van der Waals surface area contributed by atoms with Gasteiger partial charge in [-0.25, -0.2) is 0 Å². The molecule has 1 aromatic carbocycles. The van der Waals surface area contributed by atoms with Crippen LogP contribution in [0.5, 0.6) is 0 Å². The van der Waals surface area contributed by atoms with Gasteiger partial charge in [0.1, 0.15) is 0 Å². The van der Waals surface area contributed by atoms with Crippen LogP contribution in [0.4, 0.5) is 0 Å². The molecule has 5 nitrogen and oxygen atoms in total. The summed E-state index contributed by atoms with van der Waals surface area (Å²) in [6.07, 6.45) is 3.13. The molecule has 1 aromatic heterocycles. The second kappa shape index (κ2) is 7.07. The van der Waals surface area contributed by atoms with Gasteiger partial charge < -0.3 is 14.6 Å². The fourth-order valence-corrected chi connectivity index (χ4v) is 3.58. The van der Waals surface area contributed by atoms with Crippen LogP contribution in [0.25, 0.3) is 10.9 Å². The molecule has 0 unspecified atom stereocenters. The lowest BCUT2D eigenvalue weighted by Crippen LogP contribution is -2.44. The standard InChI is InChI=1S/C19H24N2O3/c1-13-7-14(2)11-21(10-13)18(22)12-24-19(23)8-15-9-20-17-6-4-3-5-16(15)17/h3-6,9,13-14,20H,7-8,10-12H2,1-2H3/t13-,14-/m0/s1. The number of aromatic amines is 1. The van der Waals surface area contributed by atoms with Crippen molar-refractivity contribution in [3.05, 3.63) is 36.0 Å². The average Bonchev–Trinajstić information content (AvgIpc) is 2.95. The third kappa shape index (κ3) is 3.78. The van der Waals surface area contributed by atoms with Gasteiger partial charge in [0.15, 0.2) is 6.61 Å². The Bertz CT molecular complexity index is 727. The fourth-order valence-electron chi connectivity index (χ4n) is 3.58. The third-order valence-electron chi connectivity index (χ3n) is 4.59. The molecule has 0 bridgehead atoms. The molecule has 0 aliphatic carbocycles. The summed E-state index contributed by atoms with van der Waals surface area (Å²) in [5.74, 6) is 0.533. The highest BCUT2D eigenvalue weighted by Gasteiger charge is 2.26. The first-order chi connectivity index (χ1) is 11.5. The van der Waals surface area contributed by atoms with Gasteiger partial charge in [0.05, 0.1) is 6.42 Å². The van der Waals surface area contributed by atoms with E-state index in [-0.39, 0.29) is 24.9 Å². The minimum atomic E-state index is -0.369. The number of fused-ring (bicyclic) bond motifs is 1. The van der Waals surface area contributed by atoms with Crippen LogP contribution in [0, 0.1) is 11.8 Å². The van der Waals surface area contributed by atoms with Gasteiger partial charge in [-0.2, -0.15) is 0 Å². The number of carbonyl (C=O) groups excluding carboxylic acids is 2. The molecule has 2 atom stereocenters. The summed E-state index contributed by atoms with van der Waals surface area (Å²) in [5.41, 5.74) is 1.89. The van der Waals surface area contributed by atoms with Gasteiger partial charge >= 0.3 is 5.97 Å². The van der Waals surface area contributed by atoms with Crippen molar-refractivity contribution in [2.45, 2.75) is 26.7 Å². The molecule has 0 spiro atoms. The first-order valence-corrected chi connectivity index (χ1v) is 8.51. The number of hydrogen-bond acceptors (Lipinski definition) is 3. The third-order valence-corrected chi connectivity index (χ3v) is 4.59. The van der Waals surface area contributed by atoms with E-state index in [1.54, 1.807) is 0 Å². The van der Waals surface area contributed by atoms with E-state index in [0.717, 1.165) is 36.0 Å². The van der Waals surface area contributed by atoms with Gasteiger partial charge in [0.25, 0.3) is 5.91 Å². The second-order valence-corrected chi connectivity index (χ2v) is 6.94. The van der Waals surface area contributed by atoms with E-state index in [1.807, 2.05) is 35.4 Å². The molecular weight excluding hydrogens is 304 g/mol. The number of aromatic nitrogens is 1. The Labute approximate surface area is 142 Å². The molecule has 2 heterocycles. The number of H-pyrrole nitrogens is 1. The SMILES string of the molecule is C[C@H]1C[C@H](C)CN(C(=O)COC(=O)Cc2c[nH]c3ccccc23)C1. The lowest BCUT2D eigenvalue weighted by Gasteiger charge is -2.34. The summed E-state index contributed by atoms with van der Waals surface area (Å²) in [6, 6.07) is 7.82. The van der Waals surface area contributed by atoms with Gasteiger partial charge in [0.2, 0.25) is 0 Å². The van der Waals surface area contributed by atoms with E-state index in [2.05, 4.69) is 18.8 Å². The summed E-state index contributed by atoms with van der Waals surface area (Å²) in [7, 11) is 0. The van der Waals surface area contributed by atoms with Crippen LogP contribution in [0.2, 0.25) is 0 Å². The first-order valence-electron chi connectivity index (χ1n) is 8.51. The highest BCUT2D eigenvalue weighted by molar-refractivity contribution is 5.88. The normalized spacial score (nSPS) is 21.0. The minimum absolute atomic E-state index is 0.0966. The average molecular weight is 328 g/mol. The second-order valence-electron chi connectivity index (χ2n) is 6.94. The Kier molecular flexibility index (Phi) is 4.88. The zero-order valence-corrected chi connectivity index (χ0v) is 14.2. The minimum Gasteiger partial charge on any atom is -0.455 e. The predicted octanol–water partition coefficient (Wildman–Crippen LogP) is 2.76. The van der Waals surface area contributed by atoms with Crippen molar-refractivity contribution >= 4 is 22.8 Å². The highest BCUT2D eigenvalue weighted by atomic mass is 16.5. The van der Waals surface area contributed by atoms with E-state index in [0.29, 0.717) is 11.8 Å². The highest BCUT2D eigenvalue weighted by Crippen LogP contribution is 2.21. The Balaban J connectivity index is 1.53. The molecule has 0 radical (unpaired) electrons. The molecule has 1 aliphatic heterocycles. The maximum atomic E-state index is 12.3. The zero-order chi connectivity index (χ0) is 17.1. The number of likely N-dealkylation sites (tertiary alicyclic amines) is 1. The molecule has 0 saturated carbocycles. The number of amides is 1. The molecule has 1 N–H and O–H groups in total. The largest absolute Gasteiger partial charge is 0.455 e. The summed E-state index contributed by atoms with van der Waals surface area (Å²) in [5, 5.41) is 1.01. The van der Waals surface area contributed by atoms with Crippen LogP contribution in [0.15, 0.2) is 30.5 Å². The lowest BCUT2D eigenvalue weighted by atomic mass is 9.92. The maximum absolute atomic E-state index is 12.3. The number of piperidine rings is 1. The number of rotatable bonds is 4. The lowest BCUT2D eigenvalue weighted by molar-refractivity contribution is -0.152. The van der Waals surface area contributed by atoms with Crippen molar-refractivity contribution < 1.29 is 14.3 Å². The fraction of sp³-hybridized carbons (Fsp3) is 0.474. The van der Waals surface area contributed by atoms with Crippen molar-refractivity contribution in [1.82, 2.24) is 9.88 Å². The summed E-state index contributed by atoms with van der Waals surface area (Å²) >= 11 is 0. The quantitative estimate of drug-likeness (QED) is 0.878. The molecule has 24 heavy (non-hydrogen) atoms. The Morgan fingerprint density at radius 3 is 2.67 bits per heavy atom. The Morgan fingerprint density at radius 1 is 1.21 bits per heavy atom. The van der Waals surface area contributed by atoms with Crippen molar-refractivity contribution in [1.29, 1.82) is 0 Å². The van der Waals surface area contributed by atoms with E-state index in [4.69, 9.17) is 4.74 Å². The molecule has 1 fully saturated rings. The van der Waals surface area contributed by atoms with Crippen LogP contribution < -0.4 is 0 Å². The molecule has 1 aliphatic rings. The first kappa shape index (κ1) is 16.6. The number of nitrogens with one attached hydrogen (secondary N) is 1. The summed E-state index contributed by atoms with van der Waals surface area (Å²) < 4.78 is 5.21. The summed E-state index contributed by atoms with van der Waals surface area (Å²) in [6.45, 7) is 5.64. The molecule has 3 rings (SSSR count). The van der Waals surface area contributed by atoms with Crippen molar-refractivity contribution in [2.75, 3.05) is 19.7 Å². The number of benzene rings is 1. The van der Waals surface area contributed by atoms with E-state index in [9.17, 15) is 9.59 Å². The summed E-state index contributed by atoms with van der Waals surface area (Å²) in [4.78, 5) is 29.3. The molecule has 2 aromatic rings. The van der Waals surface area contributed by atoms with E-state index < -0.39 is 0 Å². The van der Waals surface area contributed by atoms with Gasteiger partial charge in [0, 0.05) is 30.2 Å². The van der Waals surface area contributed by atoms with Gasteiger partial charge in [-0.15, -0.1) is 0 Å². The van der Waals surface area contributed by atoms with E-state index >= 15 is 0 Å². The smallest absolute Gasteiger partial charge is 0.310 e. The van der Waals surface area contributed by atoms with Crippen molar-refractivity contribution in [3.8, 4) is 0 Å². The van der Waals surface area contributed by atoms with Crippen LogP contribution >= 0.6 is 0 Å². The van der Waals surface area contributed by atoms with Crippen LogP contribution in [0.3, 0.4) is 0 Å². The predicted molar refractivity (Wildman–Crippen MR) is 92.5 cm³/mol. The molecular formula is C19H24N2O3. The van der Waals surface area contributed by atoms with Crippen LogP contribution in [-0.4, -0.2) is 41.5 Å². The zero-order valence-electron chi connectivity index (χ0n) is 14.2. The number of nitrogens with zero attached hydrogens (tertiary/aromatic N) is 1. The Morgan fingerprint density at radius 2 is 1.92 bits per heavy atom. The number of esters is 1. The monoisotopic (exact) mass is 328 g/mol. The number of carbonyl (C=O) groups is 2.